The van der Waals surface area contributed by atoms with Crippen molar-refractivity contribution in [1.29, 1.82) is 0 Å². The van der Waals surface area contributed by atoms with Crippen LogP contribution in [0.4, 0.5) is 0 Å². The molecule has 1 atom stereocenters. The molecule has 0 unspecified atom stereocenters. The molecule has 2 N–H and O–H groups in total. The fourth-order valence-electron chi connectivity index (χ4n) is 3.48. The van der Waals surface area contributed by atoms with Crippen LogP contribution in [-0.4, -0.2) is 41.1 Å². The first-order valence-electron chi connectivity index (χ1n) is 9.70. The summed E-state index contributed by atoms with van der Waals surface area (Å²) in [5.41, 5.74) is 6.36. The second-order valence-corrected chi connectivity index (χ2v) is 6.89. The molecule has 3 rings (SSSR count). The fraction of sp³-hybridized carbons (Fsp3) is 0.550. The summed E-state index contributed by atoms with van der Waals surface area (Å²) in [6.07, 6.45) is 6.30. The summed E-state index contributed by atoms with van der Waals surface area (Å²) in [5, 5.41) is 4.12. The molecular weight excluding hydrogens is 344 g/mol. The van der Waals surface area contributed by atoms with E-state index in [1.165, 1.54) is 0 Å². The molecule has 1 aromatic carbocycles. The van der Waals surface area contributed by atoms with Gasteiger partial charge in [0, 0.05) is 18.5 Å². The highest BCUT2D eigenvalue weighted by molar-refractivity contribution is 5.76. The van der Waals surface area contributed by atoms with E-state index >= 15 is 0 Å². The minimum absolute atomic E-state index is 0.132. The number of rotatable bonds is 8. The van der Waals surface area contributed by atoms with Crippen molar-refractivity contribution in [3.8, 4) is 17.1 Å². The number of methoxy groups -OCH3 is 1. The van der Waals surface area contributed by atoms with Crippen molar-refractivity contribution in [1.82, 2.24) is 15.0 Å². The molecule has 0 saturated carbocycles. The van der Waals surface area contributed by atoms with Crippen molar-refractivity contribution in [3.05, 3.63) is 30.2 Å². The van der Waals surface area contributed by atoms with Crippen molar-refractivity contribution in [3.63, 3.8) is 0 Å². The number of nitrogens with two attached hydrogens (primary N) is 1. The molecule has 27 heavy (non-hydrogen) atoms. The molecular formula is C20H28N4O3. The maximum atomic E-state index is 12.7. The van der Waals surface area contributed by atoms with Crippen molar-refractivity contribution in [2.24, 2.45) is 5.73 Å². The summed E-state index contributed by atoms with van der Waals surface area (Å²) < 4.78 is 10.8. The van der Waals surface area contributed by atoms with Crippen LogP contribution in [0.5, 0.6) is 5.75 Å². The van der Waals surface area contributed by atoms with E-state index in [1.807, 2.05) is 29.2 Å². The van der Waals surface area contributed by atoms with E-state index in [4.69, 9.17) is 15.0 Å². The van der Waals surface area contributed by atoms with E-state index in [9.17, 15) is 4.79 Å². The molecule has 146 valence electrons. The zero-order valence-corrected chi connectivity index (χ0v) is 15.9. The lowest BCUT2D eigenvalue weighted by molar-refractivity contribution is -0.135. The summed E-state index contributed by atoms with van der Waals surface area (Å²) in [6, 6.07) is 7.42. The number of likely N-dealkylation sites (tertiary alicyclic amines) is 1. The first kappa shape index (κ1) is 19.4. The molecule has 2 heterocycles. The molecule has 0 aliphatic carbocycles. The standard InChI is InChI=1S/C20H28N4O3/c1-26-16-9-7-8-15(14-16)19-22-20(27-23-19)17-10-4-6-13-24(17)18(25)11-3-2-5-12-21/h7-9,14,17H,2-6,10-13,21H2,1H3/t17-/m1/s1. The molecule has 1 aliphatic rings. The fourth-order valence-corrected chi connectivity index (χ4v) is 3.48. The van der Waals surface area contributed by atoms with Gasteiger partial charge in [-0.3, -0.25) is 4.79 Å². The largest absolute Gasteiger partial charge is 0.497 e. The van der Waals surface area contributed by atoms with E-state index < -0.39 is 0 Å². The predicted molar refractivity (Wildman–Crippen MR) is 102 cm³/mol. The normalized spacial score (nSPS) is 17.1. The Morgan fingerprint density at radius 1 is 1.33 bits per heavy atom. The molecule has 0 spiro atoms. The Labute approximate surface area is 159 Å². The van der Waals surface area contributed by atoms with Crippen LogP contribution in [-0.2, 0) is 4.79 Å². The van der Waals surface area contributed by atoms with Crippen LogP contribution in [0.25, 0.3) is 11.4 Å². The van der Waals surface area contributed by atoms with Crippen LogP contribution in [0, 0.1) is 0 Å². The number of piperidine rings is 1. The van der Waals surface area contributed by atoms with Gasteiger partial charge in [0.2, 0.25) is 17.6 Å². The maximum absolute atomic E-state index is 12.7. The van der Waals surface area contributed by atoms with Gasteiger partial charge in [0.1, 0.15) is 11.8 Å². The number of carbonyl (C=O) groups is 1. The Kier molecular flexibility index (Phi) is 6.81. The van der Waals surface area contributed by atoms with Crippen LogP contribution >= 0.6 is 0 Å². The highest BCUT2D eigenvalue weighted by Gasteiger charge is 2.31. The van der Waals surface area contributed by atoms with Crippen LogP contribution in [0.3, 0.4) is 0 Å². The lowest BCUT2D eigenvalue weighted by Gasteiger charge is -2.33. The molecule has 2 aromatic rings. The average molecular weight is 372 g/mol. The van der Waals surface area contributed by atoms with Gasteiger partial charge in [0.05, 0.1) is 7.11 Å². The number of unbranched alkanes of at least 4 members (excludes halogenated alkanes) is 2. The van der Waals surface area contributed by atoms with Crippen LogP contribution < -0.4 is 10.5 Å². The van der Waals surface area contributed by atoms with Gasteiger partial charge in [-0.25, -0.2) is 0 Å². The zero-order valence-electron chi connectivity index (χ0n) is 15.9. The number of benzene rings is 1. The molecule has 1 amide bonds. The number of carbonyl (C=O) groups excluding carboxylic acids is 1. The Balaban J connectivity index is 1.71. The van der Waals surface area contributed by atoms with Crippen molar-refractivity contribution in [2.45, 2.75) is 51.0 Å². The van der Waals surface area contributed by atoms with Crippen LogP contribution in [0.1, 0.15) is 56.9 Å². The third-order valence-electron chi connectivity index (χ3n) is 4.97. The van der Waals surface area contributed by atoms with Gasteiger partial charge in [-0.2, -0.15) is 4.98 Å². The van der Waals surface area contributed by atoms with E-state index in [-0.39, 0.29) is 11.9 Å². The van der Waals surface area contributed by atoms with Crippen LogP contribution in [0.15, 0.2) is 28.8 Å². The number of amides is 1. The number of nitrogens with zero attached hydrogens (tertiary/aromatic N) is 3. The number of aromatic nitrogens is 2. The summed E-state index contributed by atoms with van der Waals surface area (Å²) in [7, 11) is 1.62. The van der Waals surface area contributed by atoms with Crippen LogP contribution in [0.2, 0.25) is 0 Å². The maximum Gasteiger partial charge on any atom is 0.249 e. The smallest absolute Gasteiger partial charge is 0.249 e. The Morgan fingerprint density at radius 3 is 3.04 bits per heavy atom. The van der Waals surface area contributed by atoms with E-state index in [0.29, 0.717) is 24.7 Å². The quantitative estimate of drug-likeness (QED) is 0.714. The molecule has 1 aliphatic heterocycles. The lowest BCUT2D eigenvalue weighted by atomic mass is 10.0. The predicted octanol–water partition coefficient (Wildman–Crippen LogP) is 3.32. The number of ether oxygens (including phenoxy) is 1. The molecule has 7 heteroatoms. The Bertz CT molecular complexity index is 746. The molecule has 1 saturated heterocycles. The van der Waals surface area contributed by atoms with Gasteiger partial charge in [0.25, 0.3) is 0 Å². The zero-order chi connectivity index (χ0) is 19.1. The summed E-state index contributed by atoms with van der Waals surface area (Å²) in [5.74, 6) is 1.94. The average Bonchev–Trinajstić information content (AvgIpc) is 3.21. The van der Waals surface area contributed by atoms with Crippen molar-refractivity contribution >= 4 is 5.91 Å². The molecule has 0 bridgehead atoms. The second kappa shape index (κ2) is 9.50. The first-order valence-corrected chi connectivity index (χ1v) is 9.70. The summed E-state index contributed by atoms with van der Waals surface area (Å²) in [6.45, 7) is 1.42. The third kappa shape index (κ3) is 4.86. The molecule has 1 aromatic heterocycles. The SMILES string of the molecule is COc1cccc(-c2noc([C@H]3CCCCN3C(=O)CCCCCN)n2)c1. The monoisotopic (exact) mass is 372 g/mol. The number of hydrogen-bond acceptors (Lipinski definition) is 6. The van der Waals surface area contributed by atoms with E-state index in [1.54, 1.807) is 7.11 Å². The first-order chi connectivity index (χ1) is 13.2. The Morgan fingerprint density at radius 2 is 2.22 bits per heavy atom. The minimum Gasteiger partial charge on any atom is -0.497 e. The van der Waals surface area contributed by atoms with E-state index in [0.717, 1.165) is 56.4 Å². The van der Waals surface area contributed by atoms with Gasteiger partial charge >= 0.3 is 0 Å². The summed E-state index contributed by atoms with van der Waals surface area (Å²) >= 11 is 0. The van der Waals surface area contributed by atoms with Crippen molar-refractivity contribution in [2.75, 3.05) is 20.2 Å². The van der Waals surface area contributed by atoms with Crippen molar-refractivity contribution < 1.29 is 14.1 Å². The Hall–Kier alpha value is -2.41. The summed E-state index contributed by atoms with van der Waals surface area (Å²) in [4.78, 5) is 19.2. The van der Waals surface area contributed by atoms with E-state index in [2.05, 4.69) is 10.1 Å². The lowest BCUT2D eigenvalue weighted by Crippen LogP contribution is -2.38. The topological polar surface area (TPSA) is 94.5 Å². The molecule has 0 radical (unpaired) electrons. The van der Waals surface area contributed by atoms with Gasteiger partial charge in [0.15, 0.2) is 0 Å². The molecule has 7 nitrogen and oxygen atoms in total. The van der Waals surface area contributed by atoms with Gasteiger partial charge in [-0.1, -0.05) is 23.7 Å². The minimum atomic E-state index is -0.132. The van der Waals surface area contributed by atoms with Gasteiger partial charge in [-0.15, -0.1) is 0 Å². The third-order valence-corrected chi connectivity index (χ3v) is 4.97. The highest BCUT2D eigenvalue weighted by atomic mass is 16.5. The van der Waals surface area contributed by atoms with Gasteiger partial charge in [-0.05, 0) is 50.8 Å². The number of hydrogen-bond donors (Lipinski definition) is 1. The highest BCUT2D eigenvalue weighted by Crippen LogP contribution is 2.32. The molecule has 1 fully saturated rings. The van der Waals surface area contributed by atoms with Gasteiger partial charge < -0.3 is 19.9 Å². The second-order valence-electron chi connectivity index (χ2n) is 6.89.